The largest absolute Gasteiger partial charge is 0.490 e. The van der Waals surface area contributed by atoms with Crippen molar-refractivity contribution < 1.29 is 9.66 Å². The number of aryl methyl sites for hydroxylation is 1. The molecule has 0 amide bonds. The molecule has 0 saturated heterocycles. The zero-order valence-electron chi connectivity index (χ0n) is 9.98. The highest BCUT2D eigenvalue weighted by atomic mass is 79.9. The maximum Gasteiger partial charge on any atom is 0.311 e. The van der Waals surface area contributed by atoms with Crippen LogP contribution in [0.15, 0.2) is 18.2 Å². The summed E-state index contributed by atoms with van der Waals surface area (Å²) in [6.07, 6.45) is 2.85. The molecule has 0 aliphatic rings. The Kier molecular flexibility index (Phi) is 5.41. The van der Waals surface area contributed by atoms with Gasteiger partial charge in [-0.3, -0.25) is 10.1 Å². The van der Waals surface area contributed by atoms with Crippen LogP contribution < -0.4 is 4.74 Å². The maximum atomic E-state index is 10.8. The monoisotopic (exact) mass is 301 g/mol. The lowest BCUT2D eigenvalue weighted by atomic mass is 10.1. The van der Waals surface area contributed by atoms with Crippen LogP contribution in [0.5, 0.6) is 5.75 Å². The first kappa shape index (κ1) is 14.0. The molecule has 0 saturated carbocycles. The summed E-state index contributed by atoms with van der Waals surface area (Å²) in [5, 5.41) is 10.8. The van der Waals surface area contributed by atoms with E-state index in [0.29, 0.717) is 10.6 Å². The molecule has 0 spiro atoms. The van der Waals surface area contributed by atoms with Crippen molar-refractivity contribution in [3.63, 3.8) is 0 Å². The Labute approximate surface area is 109 Å². The summed E-state index contributed by atoms with van der Waals surface area (Å²) in [6, 6.07) is 5.12. The van der Waals surface area contributed by atoms with E-state index in [1.807, 2.05) is 6.07 Å². The first-order chi connectivity index (χ1) is 8.08. The van der Waals surface area contributed by atoms with Crippen LogP contribution in [-0.2, 0) is 6.42 Å². The molecular formula is C12H16BrNO3. The van der Waals surface area contributed by atoms with Crippen molar-refractivity contribution >= 4 is 21.6 Å². The number of hydrogen-bond acceptors (Lipinski definition) is 3. The van der Waals surface area contributed by atoms with Gasteiger partial charge in [-0.15, -0.1) is 0 Å². The van der Waals surface area contributed by atoms with E-state index in [9.17, 15) is 10.1 Å². The first-order valence-electron chi connectivity index (χ1n) is 5.53. The fraction of sp³-hybridized carbons (Fsp3) is 0.500. The number of methoxy groups -OCH3 is 1. The molecule has 4 nitrogen and oxygen atoms in total. The van der Waals surface area contributed by atoms with E-state index in [0.717, 1.165) is 24.8 Å². The molecule has 0 bridgehead atoms. The molecule has 0 aliphatic carbocycles. The number of benzene rings is 1. The van der Waals surface area contributed by atoms with Gasteiger partial charge < -0.3 is 4.74 Å². The van der Waals surface area contributed by atoms with E-state index in [-0.39, 0.29) is 5.69 Å². The molecule has 0 aromatic heterocycles. The quantitative estimate of drug-likeness (QED) is 0.457. The number of nitrogens with zero attached hydrogens (tertiary/aromatic N) is 1. The summed E-state index contributed by atoms with van der Waals surface area (Å²) >= 11 is 3.55. The zero-order chi connectivity index (χ0) is 12.8. The third-order valence-corrected chi connectivity index (χ3v) is 3.73. The molecule has 1 atom stereocenters. The summed E-state index contributed by atoms with van der Waals surface area (Å²) in [5.41, 5.74) is 1.00. The van der Waals surface area contributed by atoms with Crippen molar-refractivity contribution in [1.82, 2.24) is 0 Å². The Hall–Kier alpha value is -1.10. The topological polar surface area (TPSA) is 52.4 Å². The Morgan fingerprint density at radius 3 is 2.76 bits per heavy atom. The number of hydrogen-bond donors (Lipinski definition) is 0. The van der Waals surface area contributed by atoms with Gasteiger partial charge in [-0.1, -0.05) is 28.9 Å². The third kappa shape index (κ3) is 4.00. The van der Waals surface area contributed by atoms with Crippen LogP contribution in [0.3, 0.4) is 0 Å². The molecule has 0 aliphatic heterocycles. The molecule has 17 heavy (non-hydrogen) atoms. The van der Waals surface area contributed by atoms with Gasteiger partial charge in [0.1, 0.15) is 0 Å². The Balaban J connectivity index is 2.81. The zero-order valence-corrected chi connectivity index (χ0v) is 11.6. The lowest BCUT2D eigenvalue weighted by molar-refractivity contribution is -0.385. The summed E-state index contributed by atoms with van der Waals surface area (Å²) in [4.78, 5) is 10.9. The predicted octanol–water partition coefficient (Wildman–Crippen LogP) is 3.71. The van der Waals surface area contributed by atoms with Crippen LogP contribution >= 0.6 is 15.9 Å². The number of nitro benzene ring substituents is 1. The van der Waals surface area contributed by atoms with Crippen LogP contribution in [0.25, 0.3) is 0 Å². The van der Waals surface area contributed by atoms with E-state index in [1.165, 1.54) is 7.11 Å². The Morgan fingerprint density at radius 2 is 2.24 bits per heavy atom. The van der Waals surface area contributed by atoms with E-state index in [4.69, 9.17) is 4.74 Å². The van der Waals surface area contributed by atoms with Crippen molar-refractivity contribution in [3.8, 4) is 5.75 Å². The highest BCUT2D eigenvalue weighted by Gasteiger charge is 2.15. The van der Waals surface area contributed by atoms with Crippen molar-refractivity contribution in [2.45, 2.75) is 31.0 Å². The Bertz CT molecular complexity index is 395. The van der Waals surface area contributed by atoms with Gasteiger partial charge >= 0.3 is 5.69 Å². The molecule has 0 heterocycles. The number of rotatable bonds is 6. The summed E-state index contributed by atoms with van der Waals surface area (Å²) in [6.45, 7) is 2.11. The smallest absolute Gasteiger partial charge is 0.311 e. The number of ether oxygens (including phenoxy) is 1. The van der Waals surface area contributed by atoms with Crippen LogP contribution in [-0.4, -0.2) is 16.9 Å². The summed E-state index contributed by atoms with van der Waals surface area (Å²) in [7, 11) is 1.44. The lowest BCUT2D eigenvalue weighted by Crippen LogP contribution is -1.99. The normalized spacial score (nSPS) is 12.2. The molecule has 0 radical (unpaired) electrons. The molecule has 0 fully saturated rings. The molecule has 1 unspecified atom stereocenters. The fourth-order valence-corrected chi connectivity index (χ4v) is 1.79. The molecule has 1 rings (SSSR count). The average Bonchev–Trinajstić information content (AvgIpc) is 2.35. The second-order valence-electron chi connectivity index (χ2n) is 3.81. The van der Waals surface area contributed by atoms with Gasteiger partial charge in [-0.25, -0.2) is 0 Å². The molecule has 5 heteroatoms. The third-order valence-electron chi connectivity index (χ3n) is 2.63. The summed E-state index contributed by atoms with van der Waals surface area (Å²) < 4.78 is 4.96. The standard InChI is InChI=1S/C12H16BrNO3/c1-3-10(13)6-4-9-5-7-12(17-2)11(8-9)14(15)16/h5,7-8,10H,3-4,6H2,1-2H3. The SMILES string of the molecule is CCC(Br)CCc1ccc(OC)c([N+](=O)[O-])c1. The number of nitro groups is 1. The highest BCUT2D eigenvalue weighted by molar-refractivity contribution is 9.09. The Morgan fingerprint density at radius 1 is 1.53 bits per heavy atom. The fourth-order valence-electron chi connectivity index (χ4n) is 1.56. The molecule has 1 aromatic carbocycles. The molecule has 0 N–H and O–H groups in total. The van der Waals surface area contributed by atoms with Gasteiger partial charge in [0.15, 0.2) is 5.75 Å². The maximum absolute atomic E-state index is 10.8. The van der Waals surface area contributed by atoms with Crippen LogP contribution in [0.4, 0.5) is 5.69 Å². The first-order valence-corrected chi connectivity index (χ1v) is 6.45. The minimum atomic E-state index is -0.409. The number of alkyl halides is 1. The molecular weight excluding hydrogens is 286 g/mol. The second-order valence-corrected chi connectivity index (χ2v) is 5.10. The van der Waals surface area contributed by atoms with Gasteiger partial charge in [0.05, 0.1) is 12.0 Å². The van der Waals surface area contributed by atoms with Crippen LogP contribution in [0, 0.1) is 10.1 Å². The van der Waals surface area contributed by atoms with Gasteiger partial charge in [0.25, 0.3) is 0 Å². The van der Waals surface area contributed by atoms with Gasteiger partial charge in [-0.2, -0.15) is 0 Å². The lowest BCUT2D eigenvalue weighted by Gasteiger charge is -2.07. The number of halogens is 1. The van der Waals surface area contributed by atoms with E-state index in [2.05, 4.69) is 22.9 Å². The van der Waals surface area contributed by atoms with Gasteiger partial charge in [0.2, 0.25) is 0 Å². The average molecular weight is 302 g/mol. The van der Waals surface area contributed by atoms with Crippen LogP contribution in [0.2, 0.25) is 0 Å². The van der Waals surface area contributed by atoms with E-state index >= 15 is 0 Å². The predicted molar refractivity (Wildman–Crippen MR) is 71.0 cm³/mol. The minimum Gasteiger partial charge on any atom is -0.490 e. The van der Waals surface area contributed by atoms with Crippen LogP contribution in [0.1, 0.15) is 25.3 Å². The minimum absolute atomic E-state index is 0.0348. The van der Waals surface area contributed by atoms with Gasteiger partial charge in [0, 0.05) is 10.9 Å². The van der Waals surface area contributed by atoms with Crippen molar-refractivity contribution in [1.29, 1.82) is 0 Å². The second kappa shape index (κ2) is 6.59. The van der Waals surface area contributed by atoms with Crippen molar-refractivity contribution in [2.75, 3.05) is 7.11 Å². The van der Waals surface area contributed by atoms with Crippen molar-refractivity contribution in [2.24, 2.45) is 0 Å². The molecule has 1 aromatic rings. The molecule has 94 valence electrons. The van der Waals surface area contributed by atoms with Crippen molar-refractivity contribution in [3.05, 3.63) is 33.9 Å². The van der Waals surface area contributed by atoms with E-state index in [1.54, 1.807) is 12.1 Å². The van der Waals surface area contributed by atoms with Gasteiger partial charge in [-0.05, 0) is 30.9 Å². The highest BCUT2D eigenvalue weighted by Crippen LogP contribution is 2.28. The van der Waals surface area contributed by atoms with E-state index < -0.39 is 4.92 Å². The summed E-state index contributed by atoms with van der Waals surface area (Å²) in [5.74, 6) is 0.310.